The summed E-state index contributed by atoms with van der Waals surface area (Å²) in [4.78, 5) is 10.6. The lowest BCUT2D eigenvalue weighted by molar-refractivity contribution is 0.137. The van der Waals surface area contributed by atoms with Crippen LogP contribution in [0.4, 0.5) is 4.79 Å². The van der Waals surface area contributed by atoms with Crippen molar-refractivity contribution in [2.45, 2.75) is 39.4 Å². The van der Waals surface area contributed by atoms with Crippen molar-refractivity contribution in [2.24, 2.45) is 5.73 Å². The molecule has 3 rings (SSSR count). The summed E-state index contributed by atoms with van der Waals surface area (Å²) in [5.74, 6) is 1.19. The molecule has 146 valence electrons. The number of hydrogen-bond acceptors (Lipinski definition) is 5. The van der Waals surface area contributed by atoms with Crippen LogP contribution in [0.25, 0.3) is 11.3 Å². The number of rotatable bonds is 6. The molecular formula is C22H24N2O4. The third-order valence-corrected chi connectivity index (χ3v) is 4.29. The van der Waals surface area contributed by atoms with Crippen LogP contribution < -0.4 is 10.5 Å². The second kappa shape index (κ2) is 8.17. The van der Waals surface area contributed by atoms with Gasteiger partial charge in [0.05, 0.1) is 0 Å². The Labute approximate surface area is 164 Å². The second-order valence-electron chi connectivity index (χ2n) is 7.55. The predicted octanol–water partition coefficient (Wildman–Crippen LogP) is 4.81. The minimum Gasteiger partial charge on any atom is -0.489 e. The molecule has 2 N–H and O–H groups in total. The van der Waals surface area contributed by atoms with Gasteiger partial charge >= 0.3 is 6.09 Å². The van der Waals surface area contributed by atoms with Gasteiger partial charge < -0.3 is 19.7 Å². The smallest absolute Gasteiger partial charge is 0.404 e. The fourth-order valence-electron chi connectivity index (χ4n) is 2.65. The van der Waals surface area contributed by atoms with Crippen LogP contribution in [0.15, 0.2) is 59.1 Å². The van der Waals surface area contributed by atoms with E-state index in [1.54, 1.807) is 6.07 Å². The molecule has 1 heterocycles. The number of primary amides is 1. The van der Waals surface area contributed by atoms with E-state index in [4.69, 9.17) is 15.0 Å². The van der Waals surface area contributed by atoms with Crippen LogP contribution in [-0.4, -0.2) is 11.2 Å². The van der Waals surface area contributed by atoms with Gasteiger partial charge in [-0.3, -0.25) is 0 Å². The molecule has 0 saturated heterocycles. The van der Waals surface area contributed by atoms with Gasteiger partial charge in [0.15, 0.2) is 12.4 Å². The Hall–Kier alpha value is -3.28. The number of nitrogens with two attached hydrogens (primary N) is 1. The molecule has 0 unspecified atom stereocenters. The lowest BCUT2D eigenvalue weighted by Crippen LogP contribution is -2.12. The number of aromatic nitrogens is 1. The Morgan fingerprint density at radius 3 is 2.32 bits per heavy atom. The van der Waals surface area contributed by atoms with Crippen molar-refractivity contribution in [3.05, 3.63) is 71.5 Å². The van der Waals surface area contributed by atoms with E-state index in [2.05, 4.69) is 54.9 Å². The molecule has 0 aliphatic rings. The van der Waals surface area contributed by atoms with Gasteiger partial charge in [0.2, 0.25) is 0 Å². The average Bonchev–Trinajstić information content (AvgIpc) is 3.14. The summed E-state index contributed by atoms with van der Waals surface area (Å²) in [6.07, 6.45) is -0.854. The van der Waals surface area contributed by atoms with E-state index in [1.807, 2.05) is 24.3 Å². The fourth-order valence-corrected chi connectivity index (χ4v) is 2.65. The molecule has 6 nitrogen and oxygen atoms in total. The highest BCUT2D eigenvalue weighted by molar-refractivity contribution is 5.64. The maximum absolute atomic E-state index is 10.6. The maximum Gasteiger partial charge on any atom is 0.404 e. The van der Waals surface area contributed by atoms with Gasteiger partial charge in [-0.2, -0.15) is 0 Å². The summed E-state index contributed by atoms with van der Waals surface area (Å²) >= 11 is 0. The highest BCUT2D eigenvalue weighted by Gasteiger charge is 2.13. The van der Waals surface area contributed by atoms with E-state index < -0.39 is 6.09 Å². The molecule has 1 aromatic heterocycles. The predicted molar refractivity (Wildman–Crippen MR) is 106 cm³/mol. The number of hydrogen-bond donors (Lipinski definition) is 1. The van der Waals surface area contributed by atoms with Crippen molar-refractivity contribution in [3.63, 3.8) is 0 Å². The fraction of sp³-hybridized carbons (Fsp3) is 0.273. The van der Waals surface area contributed by atoms with Crippen LogP contribution in [0.5, 0.6) is 5.75 Å². The Kier molecular flexibility index (Phi) is 5.68. The summed E-state index contributed by atoms with van der Waals surface area (Å²) in [5.41, 5.74) is 9.01. The maximum atomic E-state index is 10.6. The molecule has 6 heteroatoms. The van der Waals surface area contributed by atoms with Crippen molar-refractivity contribution in [3.8, 4) is 17.0 Å². The second-order valence-corrected chi connectivity index (χ2v) is 7.55. The van der Waals surface area contributed by atoms with Crippen LogP contribution >= 0.6 is 0 Å². The molecule has 0 spiro atoms. The molecule has 0 fully saturated rings. The first-order valence-electron chi connectivity index (χ1n) is 9.02. The molecular weight excluding hydrogens is 356 g/mol. The van der Waals surface area contributed by atoms with Crippen molar-refractivity contribution < 1.29 is 18.8 Å². The summed E-state index contributed by atoms with van der Waals surface area (Å²) in [5, 5.41) is 3.97. The van der Waals surface area contributed by atoms with Crippen LogP contribution in [0.1, 0.15) is 37.7 Å². The summed E-state index contributed by atoms with van der Waals surface area (Å²) in [6.45, 7) is 7.05. The van der Waals surface area contributed by atoms with Crippen molar-refractivity contribution in [2.75, 3.05) is 0 Å². The summed E-state index contributed by atoms with van der Waals surface area (Å²) in [6, 6.07) is 17.7. The van der Waals surface area contributed by atoms with Crippen LogP contribution in [0.3, 0.4) is 0 Å². The van der Waals surface area contributed by atoms with E-state index in [-0.39, 0.29) is 12.0 Å². The highest BCUT2D eigenvalue weighted by atomic mass is 16.6. The van der Waals surface area contributed by atoms with Gasteiger partial charge in [0.25, 0.3) is 0 Å². The van der Waals surface area contributed by atoms with Crippen molar-refractivity contribution in [1.82, 2.24) is 5.16 Å². The first-order valence-corrected chi connectivity index (χ1v) is 9.02. The van der Waals surface area contributed by atoms with Gasteiger partial charge in [-0.15, -0.1) is 0 Å². The van der Waals surface area contributed by atoms with Crippen molar-refractivity contribution in [1.29, 1.82) is 0 Å². The molecule has 3 aromatic rings. The zero-order valence-electron chi connectivity index (χ0n) is 16.3. The molecule has 28 heavy (non-hydrogen) atoms. The normalized spacial score (nSPS) is 11.2. The number of carbonyl (C=O) groups excluding carboxylic acids is 1. The van der Waals surface area contributed by atoms with Gasteiger partial charge in [-0.25, -0.2) is 4.79 Å². The number of nitrogens with zero attached hydrogens (tertiary/aromatic N) is 1. The van der Waals surface area contributed by atoms with Gasteiger partial charge in [-0.1, -0.05) is 50.2 Å². The summed E-state index contributed by atoms with van der Waals surface area (Å²) in [7, 11) is 0. The molecule has 1 amide bonds. The Morgan fingerprint density at radius 2 is 1.71 bits per heavy atom. The number of carbonyl (C=O) groups is 1. The first-order chi connectivity index (χ1) is 13.3. The van der Waals surface area contributed by atoms with Crippen LogP contribution in [-0.2, 0) is 23.4 Å². The molecule has 0 aliphatic heterocycles. The highest BCUT2D eigenvalue weighted by Crippen LogP contribution is 2.24. The topological polar surface area (TPSA) is 87.6 Å². The van der Waals surface area contributed by atoms with Gasteiger partial charge in [-0.05, 0) is 40.8 Å². The molecule has 0 aliphatic carbocycles. The zero-order valence-corrected chi connectivity index (χ0v) is 16.3. The molecule has 0 radical (unpaired) electrons. The molecule has 2 aromatic carbocycles. The third kappa shape index (κ3) is 5.13. The first kappa shape index (κ1) is 19.5. The van der Waals surface area contributed by atoms with E-state index in [0.717, 1.165) is 16.9 Å². The Balaban J connectivity index is 1.58. The van der Waals surface area contributed by atoms with Crippen LogP contribution in [0, 0.1) is 0 Å². The molecule has 0 bridgehead atoms. The lowest BCUT2D eigenvalue weighted by atomic mass is 9.87. The zero-order chi connectivity index (χ0) is 20.1. The van der Waals surface area contributed by atoms with E-state index in [1.165, 1.54) is 5.56 Å². The quantitative estimate of drug-likeness (QED) is 0.663. The van der Waals surface area contributed by atoms with E-state index >= 15 is 0 Å². The van der Waals surface area contributed by atoms with Gasteiger partial charge in [0.1, 0.15) is 18.1 Å². The monoisotopic (exact) mass is 380 g/mol. The number of benzene rings is 2. The minimum absolute atomic E-state index is 0.0441. The van der Waals surface area contributed by atoms with Crippen LogP contribution in [0.2, 0.25) is 0 Å². The molecule has 0 atom stereocenters. The summed E-state index contributed by atoms with van der Waals surface area (Å²) < 4.78 is 15.7. The SMILES string of the molecule is CC(C)(C)c1ccc(COc2ccc(-c3cc(COC(N)=O)on3)cc2)cc1. The van der Waals surface area contributed by atoms with E-state index in [0.29, 0.717) is 18.1 Å². The molecule has 0 saturated carbocycles. The largest absolute Gasteiger partial charge is 0.489 e. The van der Waals surface area contributed by atoms with Crippen molar-refractivity contribution >= 4 is 6.09 Å². The average molecular weight is 380 g/mol. The Bertz CT molecular complexity index is 922. The third-order valence-electron chi connectivity index (χ3n) is 4.29. The number of ether oxygens (including phenoxy) is 2. The van der Waals surface area contributed by atoms with E-state index in [9.17, 15) is 4.79 Å². The standard InChI is InChI=1S/C22H24N2O4/c1-22(2,3)17-8-4-15(5-9-17)13-26-18-10-6-16(7-11-18)20-12-19(28-24-20)14-27-21(23)25/h4-12H,13-14H2,1-3H3,(H2,23,25). The Morgan fingerprint density at radius 1 is 1.04 bits per heavy atom. The minimum atomic E-state index is -0.854. The lowest BCUT2D eigenvalue weighted by Gasteiger charge is -2.19. The van der Waals surface area contributed by atoms with Gasteiger partial charge in [0, 0.05) is 11.6 Å². The number of amides is 1.